The van der Waals surface area contributed by atoms with Crippen LogP contribution >= 0.6 is 0 Å². The summed E-state index contributed by atoms with van der Waals surface area (Å²) in [5.41, 5.74) is 7.87. The molecule has 0 aliphatic rings. The molecule has 1 aromatic heterocycles. The van der Waals surface area contributed by atoms with Gasteiger partial charge in [0.15, 0.2) is 0 Å². The normalized spacial score (nSPS) is 13.0. The van der Waals surface area contributed by atoms with Crippen molar-refractivity contribution in [2.24, 2.45) is 11.7 Å². The maximum Gasteiger partial charge on any atom is 0.255 e. The van der Waals surface area contributed by atoms with Crippen molar-refractivity contribution in [3.8, 4) is 0 Å². The minimum Gasteiger partial charge on any atom is -0.352 e. The van der Waals surface area contributed by atoms with E-state index in [0.29, 0.717) is 17.8 Å². The van der Waals surface area contributed by atoms with Crippen LogP contribution in [0.5, 0.6) is 0 Å². The van der Waals surface area contributed by atoms with Gasteiger partial charge in [0.05, 0.1) is 0 Å². The molecule has 0 aliphatic carbocycles. The highest BCUT2D eigenvalue weighted by molar-refractivity contribution is 6.04. The van der Waals surface area contributed by atoms with Crippen molar-refractivity contribution in [3.05, 3.63) is 59.9 Å². The minimum absolute atomic E-state index is 0.0792. The number of hydrogen-bond acceptors (Lipinski definition) is 4. The number of nitrogens with zero attached hydrogens (tertiary/aromatic N) is 1. The van der Waals surface area contributed by atoms with E-state index in [1.165, 1.54) is 0 Å². The van der Waals surface area contributed by atoms with E-state index in [1.807, 2.05) is 12.1 Å². The predicted octanol–water partition coefficient (Wildman–Crippen LogP) is 1.93. The summed E-state index contributed by atoms with van der Waals surface area (Å²) in [5.74, 6) is -0.512. The summed E-state index contributed by atoms with van der Waals surface area (Å²) in [6.07, 6.45) is 3.23. The molecule has 0 saturated carbocycles. The maximum atomic E-state index is 12.1. The third kappa shape index (κ3) is 4.89. The highest BCUT2D eigenvalue weighted by atomic mass is 16.2. The number of pyridine rings is 1. The van der Waals surface area contributed by atoms with Gasteiger partial charge in [-0.2, -0.15) is 0 Å². The fraction of sp³-hybridized carbons (Fsp3) is 0.278. The summed E-state index contributed by atoms with van der Waals surface area (Å²) in [4.78, 5) is 27.9. The lowest BCUT2D eigenvalue weighted by molar-refractivity contribution is -0.125. The first-order chi connectivity index (χ1) is 11.5. The van der Waals surface area contributed by atoms with Gasteiger partial charge in [-0.3, -0.25) is 14.6 Å². The Morgan fingerprint density at radius 2 is 1.71 bits per heavy atom. The van der Waals surface area contributed by atoms with E-state index in [1.54, 1.807) is 50.5 Å². The van der Waals surface area contributed by atoms with E-state index >= 15 is 0 Å². The van der Waals surface area contributed by atoms with Crippen LogP contribution in [0.25, 0.3) is 0 Å². The molecule has 0 radical (unpaired) electrons. The fourth-order valence-corrected chi connectivity index (χ4v) is 2.00. The summed E-state index contributed by atoms with van der Waals surface area (Å²) < 4.78 is 0. The molecule has 1 aromatic carbocycles. The first-order valence-electron chi connectivity index (χ1n) is 7.81. The molecule has 2 unspecified atom stereocenters. The lowest BCUT2D eigenvalue weighted by Crippen LogP contribution is -2.38. The van der Waals surface area contributed by atoms with Crippen LogP contribution in [0.15, 0.2) is 48.8 Å². The van der Waals surface area contributed by atoms with Crippen molar-refractivity contribution in [3.63, 3.8) is 0 Å². The Morgan fingerprint density at radius 3 is 2.29 bits per heavy atom. The Hall–Kier alpha value is -2.73. The molecule has 0 saturated heterocycles. The number of rotatable bonds is 6. The zero-order valence-corrected chi connectivity index (χ0v) is 13.8. The van der Waals surface area contributed by atoms with E-state index in [9.17, 15) is 9.59 Å². The Morgan fingerprint density at radius 1 is 1.08 bits per heavy atom. The van der Waals surface area contributed by atoms with Gasteiger partial charge in [-0.05, 0) is 36.8 Å². The highest BCUT2D eigenvalue weighted by Gasteiger charge is 2.16. The average molecular weight is 326 g/mol. The molecule has 0 spiro atoms. The van der Waals surface area contributed by atoms with Gasteiger partial charge in [0.1, 0.15) is 0 Å². The SMILES string of the molecule is CC(N)C(C)C(=O)NCc1ccc(C(=O)Nc2ccncc2)cc1. The van der Waals surface area contributed by atoms with Crippen molar-refractivity contribution in [1.82, 2.24) is 10.3 Å². The van der Waals surface area contributed by atoms with E-state index in [4.69, 9.17) is 5.73 Å². The van der Waals surface area contributed by atoms with Crippen LogP contribution in [0, 0.1) is 5.92 Å². The first kappa shape index (κ1) is 17.6. The molecule has 1 heterocycles. The molecule has 2 rings (SSSR count). The first-order valence-corrected chi connectivity index (χ1v) is 7.81. The Kier molecular flexibility index (Phi) is 6.03. The fourth-order valence-electron chi connectivity index (χ4n) is 2.00. The van der Waals surface area contributed by atoms with Gasteiger partial charge in [0, 0.05) is 42.1 Å². The molecule has 2 amide bonds. The minimum atomic E-state index is -0.240. The number of carbonyl (C=O) groups excluding carboxylic acids is 2. The van der Waals surface area contributed by atoms with Crippen molar-refractivity contribution >= 4 is 17.5 Å². The topological polar surface area (TPSA) is 97.1 Å². The second-order valence-electron chi connectivity index (χ2n) is 5.75. The summed E-state index contributed by atoms with van der Waals surface area (Å²) in [7, 11) is 0. The van der Waals surface area contributed by atoms with Crippen molar-refractivity contribution in [2.45, 2.75) is 26.4 Å². The van der Waals surface area contributed by atoms with Crippen molar-refractivity contribution < 1.29 is 9.59 Å². The second-order valence-corrected chi connectivity index (χ2v) is 5.75. The molecule has 0 bridgehead atoms. The van der Waals surface area contributed by atoms with Crippen LogP contribution in [0.2, 0.25) is 0 Å². The third-order valence-electron chi connectivity index (χ3n) is 3.82. The molecular formula is C18H22N4O2. The van der Waals surface area contributed by atoms with Crippen molar-refractivity contribution in [2.75, 3.05) is 5.32 Å². The molecule has 2 atom stereocenters. The van der Waals surface area contributed by atoms with Crippen molar-refractivity contribution in [1.29, 1.82) is 0 Å². The molecule has 6 nitrogen and oxygen atoms in total. The molecule has 2 aromatic rings. The standard InChI is InChI=1S/C18H22N4O2/c1-12(13(2)19)17(23)21-11-14-3-5-15(6-4-14)18(24)22-16-7-9-20-10-8-16/h3-10,12-13H,11,19H2,1-2H3,(H,21,23)(H,20,22,24). The number of aromatic nitrogens is 1. The van der Waals surface area contributed by atoms with Gasteiger partial charge >= 0.3 is 0 Å². The Labute approximate surface area is 141 Å². The molecule has 0 aliphatic heterocycles. The molecule has 24 heavy (non-hydrogen) atoms. The molecular weight excluding hydrogens is 304 g/mol. The zero-order chi connectivity index (χ0) is 17.5. The largest absolute Gasteiger partial charge is 0.352 e. The highest BCUT2D eigenvalue weighted by Crippen LogP contribution is 2.09. The quantitative estimate of drug-likeness (QED) is 0.755. The van der Waals surface area contributed by atoms with Crippen LogP contribution in [0.1, 0.15) is 29.8 Å². The number of benzene rings is 1. The average Bonchev–Trinajstić information content (AvgIpc) is 2.60. The number of hydrogen-bond donors (Lipinski definition) is 3. The van der Waals surface area contributed by atoms with Crippen LogP contribution in [-0.2, 0) is 11.3 Å². The van der Waals surface area contributed by atoms with E-state index < -0.39 is 0 Å². The van der Waals surface area contributed by atoms with Crippen LogP contribution in [-0.4, -0.2) is 22.8 Å². The van der Waals surface area contributed by atoms with Crippen LogP contribution < -0.4 is 16.4 Å². The van der Waals surface area contributed by atoms with Gasteiger partial charge in [0.2, 0.25) is 5.91 Å². The van der Waals surface area contributed by atoms with E-state index in [-0.39, 0.29) is 23.8 Å². The lowest BCUT2D eigenvalue weighted by Gasteiger charge is -2.15. The molecule has 6 heteroatoms. The number of carbonyl (C=O) groups is 2. The maximum absolute atomic E-state index is 12.1. The summed E-state index contributed by atoms with van der Waals surface area (Å²) >= 11 is 0. The van der Waals surface area contributed by atoms with E-state index in [2.05, 4.69) is 15.6 Å². The number of anilines is 1. The molecule has 0 fully saturated rings. The lowest BCUT2D eigenvalue weighted by atomic mass is 10.0. The monoisotopic (exact) mass is 326 g/mol. The van der Waals surface area contributed by atoms with Crippen LogP contribution in [0.4, 0.5) is 5.69 Å². The van der Waals surface area contributed by atoms with Gasteiger partial charge in [0.25, 0.3) is 5.91 Å². The number of nitrogens with two attached hydrogens (primary N) is 1. The van der Waals surface area contributed by atoms with Gasteiger partial charge in [-0.15, -0.1) is 0 Å². The Bertz CT molecular complexity index is 684. The number of amides is 2. The van der Waals surface area contributed by atoms with Gasteiger partial charge in [-0.25, -0.2) is 0 Å². The van der Waals surface area contributed by atoms with Gasteiger partial charge < -0.3 is 16.4 Å². The Balaban J connectivity index is 1.91. The summed E-state index contributed by atoms with van der Waals surface area (Å²) in [5, 5.41) is 5.63. The number of nitrogens with one attached hydrogen (secondary N) is 2. The predicted molar refractivity (Wildman–Crippen MR) is 93.3 cm³/mol. The van der Waals surface area contributed by atoms with Gasteiger partial charge in [-0.1, -0.05) is 19.1 Å². The second kappa shape index (κ2) is 8.21. The summed E-state index contributed by atoms with van der Waals surface area (Å²) in [6.45, 7) is 4.01. The molecule has 126 valence electrons. The smallest absolute Gasteiger partial charge is 0.255 e. The van der Waals surface area contributed by atoms with Crippen LogP contribution in [0.3, 0.4) is 0 Å². The van der Waals surface area contributed by atoms with E-state index in [0.717, 1.165) is 5.56 Å². The summed E-state index contributed by atoms with van der Waals surface area (Å²) in [6, 6.07) is 10.4. The molecule has 4 N–H and O–H groups in total. The zero-order valence-electron chi connectivity index (χ0n) is 13.8. The third-order valence-corrected chi connectivity index (χ3v) is 3.82.